The van der Waals surface area contributed by atoms with E-state index in [4.69, 9.17) is 32.7 Å². The number of nitrogens with one attached hydrogen (secondary N) is 1. The number of aromatic nitrogens is 1. The summed E-state index contributed by atoms with van der Waals surface area (Å²) in [6, 6.07) is 8.34. The van der Waals surface area contributed by atoms with Crippen molar-refractivity contribution in [3.05, 3.63) is 76.0 Å². The maximum Gasteiger partial charge on any atom is 0.387 e. The minimum absolute atomic E-state index is 0.0159. The smallest absolute Gasteiger partial charge is 0.387 e. The maximum absolute atomic E-state index is 13.0. The summed E-state index contributed by atoms with van der Waals surface area (Å²) in [5, 5.41) is 9.77. The number of carbonyl (C=O) groups is 1. The lowest BCUT2D eigenvalue weighted by atomic mass is 10.0. The van der Waals surface area contributed by atoms with Crippen molar-refractivity contribution in [3.8, 4) is 11.5 Å². The van der Waals surface area contributed by atoms with E-state index in [9.17, 15) is 35.6 Å². The van der Waals surface area contributed by atoms with Crippen LogP contribution in [-0.2, 0) is 35.8 Å². The number of hydrogen-bond acceptors (Lipinski definition) is 9. The number of esters is 1. The standard InChI is InChI=1S/C27H27Cl2F2N2O9S2/c1-43(36,37)18-5-7-19(8-6-18)44(38,39)32-12-26(34)41-24(11-20-21(28)13-33(35)14-22(20)29)17-4-9-23(42-27(30)31)25(10-17)40-15-16-2-3-16/h4-10,13-14,16,24,27,32,35H,2-3,11-12,15H2,1H3/q+1/t24-/m0/s1. The summed E-state index contributed by atoms with van der Waals surface area (Å²) in [5.74, 6) is -1.01. The number of pyridine rings is 1. The second kappa shape index (κ2) is 13.8. The van der Waals surface area contributed by atoms with Gasteiger partial charge < -0.3 is 14.2 Å². The summed E-state index contributed by atoms with van der Waals surface area (Å²) >= 11 is 12.5. The van der Waals surface area contributed by atoms with Gasteiger partial charge in [-0.2, -0.15) is 13.5 Å². The zero-order valence-electron chi connectivity index (χ0n) is 23.0. The SMILES string of the molecule is CS(=O)(=O)c1ccc(S(=O)(=O)NCC(=O)O[C@@H](Cc2c(Cl)c[n+](O)cc2Cl)c2ccc(OC(F)F)c(OCC3CC3)c2)cc1. The second-order valence-electron chi connectivity index (χ2n) is 9.90. The molecule has 1 aliphatic carbocycles. The molecule has 2 N–H and O–H groups in total. The molecule has 1 saturated carbocycles. The molecule has 1 atom stereocenters. The van der Waals surface area contributed by atoms with Crippen LogP contribution in [0.2, 0.25) is 10.0 Å². The third-order valence-electron chi connectivity index (χ3n) is 6.43. The fourth-order valence-electron chi connectivity index (χ4n) is 3.97. The highest BCUT2D eigenvalue weighted by Crippen LogP contribution is 2.37. The Morgan fingerprint density at radius 1 is 1.02 bits per heavy atom. The van der Waals surface area contributed by atoms with Gasteiger partial charge in [-0.15, -0.1) is 0 Å². The Kier molecular flexibility index (Phi) is 10.6. The molecule has 4 rings (SSSR count). The Morgan fingerprint density at radius 2 is 1.64 bits per heavy atom. The normalized spacial score (nSPS) is 14.3. The van der Waals surface area contributed by atoms with Crippen molar-refractivity contribution in [1.29, 1.82) is 0 Å². The van der Waals surface area contributed by atoms with Crippen LogP contribution >= 0.6 is 23.2 Å². The molecule has 17 heteroatoms. The predicted molar refractivity (Wildman–Crippen MR) is 152 cm³/mol. The van der Waals surface area contributed by atoms with Gasteiger partial charge in [0.15, 0.2) is 21.3 Å². The van der Waals surface area contributed by atoms with Crippen molar-refractivity contribution in [2.24, 2.45) is 5.92 Å². The lowest BCUT2D eigenvalue weighted by Gasteiger charge is -2.21. The molecule has 1 aromatic heterocycles. The molecule has 0 bridgehead atoms. The molecule has 1 fully saturated rings. The molecule has 44 heavy (non-hydrogen) atoms. The van der Waals surface area contributed by atoms with Gasteiger partial charge in [0.25, 0.3) is 0 Å². The van der Waals surface area contributed by atoms with E-state index in [0.29, 0.717) is 4.73 Å². The first-order valence-corrected chi connectivity index (χ1v) is 17.0. The first-order chi connectivity index (χ1) is 20.6. The van der Waals surface area contributed by atoms with E-state index in [-0.39, 0.29) is 61.4 Å². The van der Waals surface area contributed by atoms with Gasteiger partial charge in [-0.3, -0.25) is 10.0 Å². The van der Waals surface area contributed by atoms with Gasteiger partial charge in [0.1, 0.15) is 22.7 Å². The fraction of sp³-hybridized carbons (Fsp3) is 0.333. The molecule has 3 aromatic rings. The highest BCUT2D eigenvalue weighted by Gasteiger charge is 2.27. The zero-order chi connectivity index (χ0) is 32.2. The molecular formula is C27H27Cl2F2N2O9S2+. The second-order valence-corrected chi connectivity index (χ2v) is 14.5. The number of carbonyl (C=O) groups excluding carboxylic acids is 1. The van der Waals surface area contributed by atoms with Crippen LogP contribution in [0.4, 0.5) is 8.78 Å². The third kappa shape index (κ3) is 9.14. The number of alkyl halides is 2. The fourth-order valence-corrected chi connectivity index (χ4v) is 6.18. The average Bonchev–Trinajstić information content (AvgIpc) is 3.77. The van der Waals surface area contributed by atoms with Gasteiger partial charge in [0, 0.05) is 23.0 Å². The number of nitrogens with zero attached hydrogens (tertiary/aromatic N) is 1. The van der Waals surface area contributed by atoms with E-state index in [1.165, 1.54) is 18.2 Å². The highest BCUT2D eigenvalue weighted by atomic mass is 35.5. The van der Waals surface area contributed by atoms with Gasteiger partial charge in [0.2, 0.25) is 22.4 Å². The maximum atomic E-state index is 13.0. The molecule has 0 saturated heterocycles. The van der Waals surface area contributed by atoms with Crippen molar-refractivity contribution in [3.63, 3.8) is 0 Å². The summed E-state index contributed by atoms with van der Waals surface area (Å²) in [7, 11) is -7.81. The molecule has 0 aliphatic heterocycles. The topological polar surface area (TPSA) is 149 Å². The van der Waals surface area contributed by atoms with Crippen LogP contribution in [0.1, 0.15) is 30.1 Å². The van der Waals surface area contributed by atoms with Crippen LogP contribution in [0, 0.1) is 5.92 Å². The molecule has 0 unspecified atom stereocenters. The Labute approximate surface area is 262 Å². The van der Waals surface area contributed by atoms with Crippen LogP contribution in [0.15, 0.2) is 64.6 Å². The van der Waals surface area contributed by atoms with Crippen LogP contribution in [-0.4, -0.2) is 54.0 Å². The number of benzene rings is 2. The van der Waals surface area contributed by atoms with Crippen molar-refractivity contribution in [2.75, 3.05) is 19.4 Å². The molecule has 2 aromatic carbocycles. The van der Waals surface area contributed by atoms with Crippen LogP contribution in [0.5, 0.6) is 11.5 Å². The largest absolute Gasteiger partial charge is 0.489 e. The zero-order valence-corrected chi connectivity index (χ0v) is 26.1. The van der Waals surface area contributed by atoms with E-state index < -0.39 is 45.1 Å². The number of ether oxygens (including phenoxy) is 3. The van der Waals surface area contributed by atoms with E-state index in [0.717, 1.165) is 55.8 Å². The minimum atomic E-state index is -4.25. The third-order valence-corrected chi connectivity index (χ3v) is 9.62. The van der Waals surface area contributed by atoms with Gasteiger partial charge >= 0.3 is 12.6 Å². The highest BCUT2D eigenvalue weighted by molar-refractivity contribution is 7.90. The first-order valence-electron chi connectivity index (χ1n) is 12.9. The summed E-state index contributed by atoms with van der Waals surface area (Å²) < 4.78 is 93.6. The molecule has 238 valence electrons. The van der Waals surface area contributed by atoms with E-state index in [1.54, 1.807) is 0 Å². The van der Waals surface area contributed by atoms with Gasteiger partial charge in [-0.1, -0.05) is 29.3 Å². The number of hydrogen-bond donors (Lipinski definition) is 2. The lowest BCUT2D eigenvalue weighted by Crippen LogP contribution is -2.32. The van der Waals surface area contributed by atoms with Crippen molar-refractivity contribution < 1.29 is 54.6 Å². The van der Waals surface area contributed by atoms with Crippen LogP contribution in [0.3, 0.4) is 0 Å². The lowest BCUT2D eigenvalue weighted by molar-refractivity contribution is -0.904. The van der Waals surface area contributed by atoms with E-state index >= 15 is 0 Å². The molecule has 1 heterocycles. The molecule has 0 spiro atoms. The van der Waals surface area contributed by atoms with Gasteiger partial charge in [0.05, 0.1) is 16.4 Å². The number of halogens is 4. The molecule has 11 nitrogen and oxygen atoms in total. The van der Waals surface area contributed by atoms with Crippen molar-refractivity contribution in [2.45, 2.75) is 41.8 Å². The monoisotopic (exact) mass is 695 g/mol. The van der Waals surface area contributed by atoms with Crippen molar-refractivity contribution >= 4 is 49.0 Å². The van der Waals surface area contributed by atoms with Crippen LogP contribution in [0.25, 0.3) is 0 Å². The molecule has 0 amide bonds. The van der Waals surface area contributed by atoms with Gasteiger partial charge in [-0.05, 0) is 60.7 Å². The first kappa shape index (κ1) is 33.6. The number of sulfone groups is 1. The molecular weight excluding hydrogens is 669 g/mol. The Balaban J connectivity index is 1.58. The summed E-state index contributed by atoms with van der Waals surface area (Å²) in [6.45, 7) is -3.69. The predicted octanol–water partition coefficient (Wildman–Crippen LogP) is 4.12. The molecule has 1 aliphatic rings. The number of rotatable bonds is 14. The quantitative estimate of drug-likeness (QED) is 0.144. The van der Waals surface area contributed by atoms with E-state index in [1.807, 2.05) is 0 Å². The Bertz CT molecular complexity index is 1720. The summed E-state index contributed by atoms with van der Waals surface area (Å²) in [6.07, 6.45) is 3.77. The Hall–Kier alpha value is -3.24. The van der Waals surface area contributed by atoms with E-state index in [2.05, 4.69) is 9.46 Å². The molecule has 0 radical (unpaired) electrons. The summed E-state index contributed by atoms with van der Waals surface area (Å²) in [5.41, 5.74) is 0.522. The van der Waals surface area contributed by atoms with Crippen LogP contribution < -0.4 is 18.9 Å². The Morgan fingerprint density at radius 3 is 2.20 bits per heavy atom. The number of sulfonamides is 1. The average molecular weight is 697 g/mol. The van der Waals surface area contributed by atoms with Crippen molar-refractivity contribution in [1.82, 2.24) is 4.72 Å². The summed E-state index contributed by atoms with van der Waals surface area (Å²) in [4.78, 5) is 12.6. The van der Waals surface area contributed by atoms with Gasteiger partial charge in [-0.25, -0.2) is 16.8 Å². The minimum Gasteiger partial charge on any atom is -0.489 e.